The molecule has 0 aliphatic rings. The average Bonchev–Trinajstić information content (AvgIpc) is 2.68. The van der Waals surface area contributed by atoms with Gasteiger partial charge in [-0.2, -0.15) is 5.10 Å². The first kappa shape index (κ1) is 12.2. The van der Waals surface area contributed by atoms with Gasteiger partial charge in [0.15, 0.2) is 0 Å². The third-order valence-corrected chi connectivity index (χ3v) is 3.30. The zero-order chi connectivity index (χ0) is 11.1. The van der Waals surface area contributed by atoms with Crippen LogP contribution in [0.15, 0.2) is 12.4 Å². The van der Waals surface area contributed by atoms with Crippen LogP contribution >= 0.6 is 0 Å². The minimum Gasteiger partial charge on any atom is -0.320 e. The Kier molecular flexibility index (Phi) is 4.73. The molecule has 0 radical (unpaired) electrons. The second-order valence-electron chi connectivity index (χ2n) is 3.20. The van der Waals surface area contributed by atoms with Crippen molar-refractivity contribution in [2.24, 2.45) is 0 Å². The van der Waals surface area contributed by atoms with Gasteiger partial charge in [-0.25, -0.2) is 13.1 Å². The predicted octanol–water partition coefficient (Wildman–Crippen LogP) is -0.561. The summed E-state index contributed by atoms with van der Waals surface area (Å²) in [6.07, 6.45) is 3.86. The third-order valence-electron chi connectivity index (χ3n) is 1.89. The molecular formula is C8H16N4O2S. The fraction of sp³-hybridized carbons (Fsp3) is 0.625. The van der Waals surface area contributed by atoms with Gasteiger partial charge in [0.1, 0.15) is 0 Å². The monoisotopic (exact) mass is 232 g/mol. The Morgan fingerprint density at radius 2 is 2.33 bits per heavy atom. The Morgan fingerprint density at radius 3 is 2.93 bits per heavy atom. The van der Waals surface area contributed by atoms with Crippen LogP contribution in [-0.2, 0) is 16.6 Å². The summed E-state index contributed by atoms with van der Waals surface area (Å²) >= 11 is 0. The fourth-order valence-electron chi connectivity index (χ4n) is 1.08. The van der Waals surface area contributed by atoms with Crippen LogP contribution in [0.4, 0.5) is 0 Å². The maximum atomic E-state index is 11.4. The van der Waals surface area contributed by atoms with Gasteiger partial charge in [0.05, 0.1) is 11.9 Å². The highest BCUT2D eigenvalue weighted by molar-refractivity contribution is 7.89. The highest BCUT2D eigenvalue weighted by Crippen LogP contribution is 1.95. The Bertz CT molecular complexity index is 360. The molecule has 3 N–H and O–H groups in total. The van der Waals surface area contributed by atoms with Crippen LogP contribution in [0.3, 0.4) is 0 Å². The molecular weight excluding hydrogens is 216 g/mol. The normalized spacial score (nSPS) is 11.8. The lowest BCUT2D eigenvalue weighted by molar-refractivity contribution is 0.577. The van der Waals surface area contributed by atoms with E-state index in [1.54, 1.807) is 19.4 Å². The van der Waals surface area contributed by atoms with Gasteiger partial charge in [-0.3, -0.25) is 5.10 Å². The summed E-state index contributed by atoms with van der Waals surface area (Å²) in [6, 6.07) is 0. The molecule has 0 bridgehead atoms. The first-order valence-corrected chi connectivity index (χ1v) is 6.39. The second kappa shape index (κ2) is 5.84. The number of aromatic amines is 1. The van der Waals surface area contributed by atoms with E-state index in [1.165, 1.54) is 0 Å². The lowest BCUT2D eigenvalue weighted by Crippen LogP contribution is -2.27. The van der Waals surface area contributed by atoms with Crippen molar-refractivity contribution in [2.45, 2.75) is 13.0 Å². The number of rotatable bonds is 7. The molecule has 0 saturated carbocycles. The summed E-state index contributed by atoms with van der Waals surface area (Å²) in [4.78, 5) is 0. The van der Waals surface area contributed by atoms with E-state index < -0.39 is 10.0 Å². The maximum Gasteiger partial charge on any atom is 0.211 e. The van der Waals surface area contributed by atoms with Gasteiger partial charge in [-0.15, -0.1) is 0 Å². The topological polar surface area (TPSA) is 86.9 Å². The van der Waals surface area contributed by atoms with Crippen molar-refractivity contribution in [3.63, 3.8) is 0 Å². The molecule has 1 heterocycles. The lowest BCUT2D eigenvalue weighted by atomic mass is 10.4. The van der Waals surface area contributed by atoms with Gasteiger partial charge in [0.2, 0.25) is 10.0 Å². The Hall–Kier alpha value is -0.920. The van der Waals surface area contributed by atoms with Gasteiger partial charge in [0.25, 0.3) is 0 Å². The number of nitrogens with one attached hydrogen (secondary N) is 3. The quantitative estimate of drug-likeness (QED) is 0.550. The molecule has 0 unspecified atom stereocenters. The molecule has 0 aromatic carbocycles. The van der Waals surface area contributed by atoms with Crippen LogP contribution in [0, 0.1) is 0 Å². The van der Waals surface area contributed by atoms with Gasteiger partial charge in [-0.1, -0.05) is 0 Å². The number of sulfonamides is 1. The van der Waals surface area contributed by atoms with E-state index in [2.05, 4.69) is 20.2 Å². The van der Waals surface area contributed by atoms with Crippen molar-refractivity contribution in [2.75, 3.05) is 19.3 Å². The standard InChI is InChI=1S/C8H16N4O2S/c1-9-3-2-4-15(13,14)12-7-8-5-10-11-6-8/h5-6,9,12H,2-4,7H2,1H3,(H,10,11). The van der Waals surface area contributed by atoms with Crippen molar-refractivity contribution in [3.05, 3.63) is 18.0 Å². The molecule has 1 aromatic rings. The molecule has 0 spiro atoms. The number of nitrogens with zero attached hydrogens (tertiary/aromatic N) is 1. The Balaban J connectivity index is 2.30. The molecule has 86 valence electrons. The summed E-state index contributed by atoms with van der Waals surface area (Å²) in [7, 11) is -1.36. The fourth-order valence-corrected chi connectivity index (χ4v) is 2.13. The van der Waals surface area contributed by atoms with Gasteiger partial charge in [-0.05, 0) is 20.0 Å². The molecule has 0 aliphatic heterocycles. The van der Waals surface area contributed by atoms with Gasteiger partial charge in [0, 0.05) is 18.3 Å². The number of hydrogen-bond donors (Lipinski definition) is 3. The van der Waals surface area contributed by atoms with Crippen LogP contribution in [0.2, 0.25) is 0 Å². The average molecular weight is 232 g/mol. The zero-order valence-corrected chi connectivity index (χ0v) is 9.47. The molecule has 0 aliphatic carbocycles. The summed E-state index contributed by atoms with van der Waals surface area (Å²) in [5.74, 6) is 0.145. The highest BCUT2D eigenvalue weighted by Gasteiger charge is 2.09. The first-order chi connectivity index (χ1) is 7.14. The van der Waals surface area contributed by atoms with E-state index >= 15 is 0 Å². The van der Waals surface area contributed by atoms with E-state index in [0.29, 0.717) is 19.5 Å². The Morgan fingerprint density at radius 1 is 1.53 bits per heavy atom. The van der Waals surface area contributed by atoms with Crippen LogP contribution in [0.25, 0.3) is 0 Å². The molecule has 15 heavy (non-hydrogen) atoms. The molecule has 7 heteroatoms. The van der Waals surface area contributed by atoms with E-state index in [1.807, 2.05) is 0 Å². The van der Waals surface area contributed by atoms with E-state index in [-0.39, 0.29) is 5.75 Å². The SMILES string of the molecule is CNCCCS(=O)(=O)NCc1cn[nH]c1. The second-order valence-corrected chi connectivity index (χ2v) is 5.13. The Labute approximate surface area is 89.5 Å². The van der Waals surface area contributed by atoms with Gasteiger partial charge < -0.3 is 5.32 Å². The lowest BCUT2D eigenvalue weighted by Gasteiger charge is -2.04. The maximum absolute atomic E-state index is 11.4. The molecule has 0 fully saturated rings. The van der Waals surface area contributed by atoms with Crippen molar-refractivity contribution >= 4 is 10.0 Å². The number of aromatic nitrogens is 2. The van der Waals surface area contributed by atoms with Crippen LogP contribution in [0.1, 0.15) is 12.0 Å². The van der Waals surface area contributed by atoms with Crippen LogP contribution in [-0.4, -0.2) is 38.0 Å². The van der Waals surface area contributed by atoms with E-state index in [4.69, 9.17) is 0 Å². The van der Waals surface area contributed by atoms with E-state index in [0.717, 1.165) is 5.56 Å². The molecule has 6 nitrogen and oxygen atoms in total. The highest BCUT2D eigenvalue weighted by atomic mass is 32.2. The smallest absolute Gasteiger partial charge is 0.211 e. The first-order valence-electron chi connectivity index (χ1n) is 4.73. The molecule has 0 saturated heterocycles. The summed E-state index contributed by atoms with van der Waals surface area (Å²) in [6.45, 7) is 0.991. The van der Waals surface area contributed by atoms with Crippen molar-refractivity contribution < 1.29 is 8.42 Å². The van der Waals surface area contributed by atoms with Crippen molar-refractivity contribution in [3.8, 4) is 0 Å². The van der Waals surface area contributed by atoms with E-state index in [9.17, 15) is 8.42 Å². The third kappa shape index (κ3) is 4.91. The largest absolute Gasteiger partial charge is 0.320 e. The van der Waals surface area contributed by atoms with Crippen molar-refractivity contribution in [1.29, 1.82) is 0 Å². The summed E-state index contributed by atoms with van der Waals surface area (Å²) in [5, 5.41) is 9.25. The molecule has 0 amide bonds. The molecule has 0 atom stereocenters. The zero-order valence-electron chi connectivity index (χ0n) is 8.66. The minimum absolute atomic E-state index is 0.145. The summed E-state index contributed by atoms with van der Waals surface area (Å²) < 4.78 is 25.4. The molecule has 1 aromatic heterocycles. The van der Waals surface area contributed by atoms with Crippen molar-refractivity contribution in [1.82, 2.24) is 20.2 Å². The minimum atomic E-state index is -3.16. The van der Waals surface area contributed by atoms with Crippen LogP contribution in [0.5, 0.6) is 0 Å². The predicted molar refractivity (Wildman–Crippen MR) is 57.8 cm³/mol. The number of hydrogen-bond acceptors (Lipinski definition) is 4. The number of H-pyrrole nitrogens is 1. The van der Waals surface area contributed by atoms with Gasteiger partial charge >= 0.3 is 0 Å². The van der Waals surface area contributed by atoms with Crippen LogP contribution < -0.4 is 10.0 Å². The molecule has 1 rings (SSSR count). The summed E-state index contributed by atoms with van der Waals surface area (Å²) in [5.41, 5.74) is 0.826.